The van der Waals surface area contributed by atoms with Gasteiger partial charge in [0.2, 0.25) is 0 Å². The highest BCUT2D eigenvalue weighted by Crippen LogP contribution is 2.34. The van der Waals surface area contributed by atoms with Crippen LogP contribution in [0.4, 0.5) is 5.13 Å². The molecular weight excluding hydrogens is 386 g/mol. The van der Waals surface area contributed by atoms with Crippen molar-refractivity contribution in [2.45, 2.75) is 13.5 Å². The van der Waals surface area contributed by atoms with Crippen LogP contribution in [0.15, 0.2) is 54.0 Å². The number of benzene rings is 1. The maximum atomic E-state index is 13.1. The van der Waals surface area contributed by atoms with Gasteiger partial charge in [-0.15, -0.1) is 11.3 Å². The van der Waals surface area contributed by atoms with E-state index in [0.717, 1.165) is 21.5 Å². The molecule has 0 spiro atoms. The van der Waals surface area contributed by atoms with Crippen LogP contribution < -0.4 is 4.90 Å². The summed E-state index contributed by atoms with van der Waals surface area (Å²) in [5.74, 6) is -0.0755. The average molecular weight is 400 g/mol. The molecule has 0 saturated carbocycles. The fourth-order valence-corrected chi connectivity index (χ4v) is 4.46. The Morgan fingerprint density at radius 2 is 2.08 bits per heavy atom. The molecule has 1 amide bonds. The maximum absolute atomic E-state index is 13.1. The summed E-state index contributed by atoms with van der Waals surface area (Å²) in [5, 5.41) is 3.22. The summed E-state index contributed by atoms with van der Waals surface area (Å²) in [4.78, 5) is 24.5. The van der Waals surface area contributed by atoms with Gasteiger partial charge in [-0.3, -0.25) is 14.7 Å². The molecule has 0 unspecified atom stereocenters. The Balaban J connectivity index is 1.79. The van der Waals surface area contributed by atoms with Crippen LogP contribution in [-0.4, -0.2) is 15.9 Å². The van der Waals surface area contributed by atoms with Gasteiger partial charge < -0.3 is 0 Å². The summed E-state index contributed by atoms with van der Waals surface area (Å²) in [6.45, 7) is 2.31. The standard InChI is InChI=1S/C19H14ClN3OS2/c1-12-14(20)7-8-15-17(12)22-19(26-15)23(11-13-5-2-3-9-21-13)18(24)16-6-4-10-25-16/h2-10H,11H2,1H3. The van der Waals surface area contributed by atoms with Crippen molar-refractivity contribution in [3.05, 3.63) is 75.2 Å². The molecule has 130 valence electrons. The third kappa shape index (κ3) is 3.23. The SMILES string of the molecule is Cc1c(Cl)ccc2sc(N(Cc3ccccn3)C(=O)c3cccs3)nc12. The number of thiazole rings is 1. The lowest BCUT2D eigenvalue weighted by Crippen LogP contribution is -2.30. The van der Waals surface area contributed by atoms with Crippen LogP contribution in [0.2, 0.25) is 5.02 Å². The van der Waals surface area contributed by atoms with E-state index in [1.165, 1.54) is 22.7 Å². The van der Waals surface area contributed by atoms with Crippen molar-refractivity contribution in [3.63, 3.8) is 0 Å². The molecule has 3 heterocycles. The minimum absolute atomic E-state index is 0.0755. The number of carbonyl (C=O) groups excluding carboxylic acids is 1. The van der Waals surface area contributed by atoms with E-state index in [2.05, 4.69) is 4.98 Å². The Morgan fingerprint density at radius 3 is 2.81 bits per heavy atom. The highest BCUT2D eigenvalue weighted by Gasteiger charge is 2.23. The molecule has 4 aromatic rings. The Labute approximate surface area is 163 Å². The Morgan fingerprint density at radius 1 is 1.19 bits per heavy atom. The van der Waals surface area contributed by atoms with Gasteiger partial charge in [-0.25, -0.2) is 4.98 Å². The molecule has 0 atom stereocenters. The zero-order valence-electron chi connectivity index (χ0n) is 13.8. The van der Waals surface area contributed by atoms with Crippen LogP contribution in [-0.2, 0) is 6.54 Å². The zero-order valence-corrected chi connectivity index (χ0v) is 16.2. The number of pyridine rings is 1. The summed E-state index contributed by atoms with van der Waals surface area (Å²) in [7, 11) is 0. The fraction of sp³-hybridized carbons (Fsp3) is 0.105. The molecule has 7 heteroatoms. The Kier molecular flexibility index (Phi) is 4.72. The number of hydrogen-bond donors (Lipinski definition) is 0. The van der Waals surface area contributed by atoms with Crippen LogP contribution in [0.1, 0.15) is 20.9 Å². The minimum Gasteiger partial charge on any atom is -0.277 e. The van der Waals surface area contributed by atoms with Crippen molar-refractivity contribution in [1.82, 2.24) is 9.97 Å². The van der Waals surface area contributed by atoms with Crippen molar-refractivity contribution in [2.24, 2.45) is 0 Å². The number of aryl methyl sites for hydroxylation is 1. The van der Waals surface area contributed by atoms with Crippen molar-refractivity contribution in [3.8, 4) is 0 Å². The smallest absolute Gasteiger partial charge is 0.270 e. The number of aromatic nitrogens is 2. The molecule has 0 aliphatic heterocycles. The van der Waals surface area contributed by atoms with E-state index < -0.39 is 0 Å². The molecule has 0 bridgehead atoms. The number of anilines is 1. The summed E-state index contributed by atoms with van der Waals surface area (Å²) >= 11 is 9.13. The van der Waals surface area contributed by atoms with Crippen molar-refractivity contribution in [2.75, 3.05) is 4.90 Å². The second kappa shape index (κ2) is 7.15. The first-order valence-corrected chi connectivity index (χ1v) is 10.0. The minimum atomic E-state index is -0.0755. The van der Waals surface area contributed by atoms with Gasteiger partial charge >= 0.3 is 0 Å². The first kappa shape index (κ1) is 17.1. The zero-order chi connectivity index (χ0) is 18.1. The molecule has 0 aliphatic rings. The largest absolute Gasteiger partial charge is 0.277 e. The number of nitrogens with zero attached hydrogens (tertiary/aromatic N) is 3. The number of amides is 1. The molecule has 0 saturated heterocycles. The van der Waals surface area contributed by atoms with Gasteiger partial charge in [-0.2, -0.15) is 0 Å². The number of thiophene rings is 1. The fourth-order valence-electron chi connectivity index (χ4n) is 2.62. The third-order valence-electron chi connectivity index (χ3n) is 3.99. The van der Waals surface area contributed by atoms with E-state index in [1.54, 1.807) is 11.1 Å². The maximum Gasteiger partial charge on any atom is 0.270 e. The summed E-state index contributed by atoms with van der Waals surface area (Å²) in [6, 6.07) is 13.2. The van der Waals surface area contributed by atoms with Crippen LogP contribution in [0.25, 0.3) is 10.2 Å². The molecule has 0 aliphatic carbocycles. The average Bonchev–Trinajstić information content (AvgIpc) is 3.33. The van der Waals surface area contributed by atoms with E-state index in [0.29, 0.717) is 21.6 Å². The molecule has 0 N–H and O–H groups in total. The highest BCUT2D eigenvalue weighted by molar-refractivity contribution is 7.22. The van der Waals surface area contributed by atoms with Crippen molar-refractivity contribution in [1.29, 1.82) is 0 Å². The van der Waals surface area contributed by atoms with E-state index in [-0.39, 0.29) is 5.91 Å². The summed E-state index contributed by atoms with van der Waals surface area (Å²) < 4.78 is 1.01. The van der Waals surface area contributed by atoms with Crippen LogP contribution >= 0.6 is 34.3 Å². The van der Waals surface area contributed by atoms with Gasteiger partial charge in [0.05, 0.1) is 27.3 Å². The summed E-state index contributed by atoms with van der Waals surface area (Å²) in [5.41, 5.74) is 2.57. The van der Waals surface area contributed by atoms with Gasteiger partial charge in [0, 0.05) is 11.2 Å². The van der Waals surface area contributed by atoms with Crippen LogP contribution in [0.3, 0.4) is 0 Å². The van der Waals surface area contributed by atoms with Crippen molar-refractivity contribution >= 4 is 55.5 Å². The second-order valence-corrected chi connectivity index (χ2v) is 8.07. The number of carbonyl (C=O) groups is 1. The molecule has 4 rings (SSSR count). The van der Waals surface area contributed by atoms with Crippen molar-refractivity contribution < 1.29 is 4.79 Å². The molecule has 26 heavy (non-hydrogen) atoms. The number of halogens is 1. The highest BCUT2D eigenvalue weighted by atomic mass is 35.5. The first-order valence-electron chi connectivity index (χ1n) is 7.94. The Bertz CT molecular complexity index is 1060. The van der Waals surface area contributed by atoms with E-state index >= 15 is 0 Å². The van der Waals surface area contributed by atoms with Gasteiger partial charge in [0.25, 0.3) is 5.91 Å². The predicted molar refractivity (Wildman–Crippen MR) is 108 cm³/mol. The number of rotatable bonds is 4. The lowest BCUT2D eigenvalue weighted by Gasteiger charge is -2.18. The van der Waals surface area contributed by atoms with E-state index in [1.807, 2.05) is 54.8 Å². The monoisotopic (exact) mass is 399 g/mol. The molecular formula is C19H14ClN3OS2. The number of hydrogen-bond acceptors (Lipinski definition) is 5. The lowest BCUT2D eigenvalue weighted by atomic mass is 10.2. The molecule has 3 aromatic heterocycles. The van der Waals surface area contributed by atoms with Crippen LogP contribution in [0.5, 0.6) is 0 Å². The van der Waals surface area contributed by atoms with E-state index in [9.17, 15) is 4.79 Å². The van der Waals surface area contributed by atoms with Crippen LogP contribution in [0, 0.1) is 6.92 Å². The van der Waals surface area contributed by atoms with Gasteiger partial charge in [-0.1, -0.05) is 35.1 Å². The third-order valence-corrected chi connectivity index (χ3v) is 6.30. The molecule has 1 aromatic carbocycles. The van der Waals surface area contributed by atoms with Gasteiger partial charge in [-0.05, 0) is 48.2 Å². The van der Waals surface area contributed by atoms with E-state index in [4.69, 9.17) is 16.6 Å². The predicted octanol–water partition coefficient (Wildman–Crippen LogP) is 5.56. The molecule has 0 fully saturated rings. The second-order valence-electron chi connectivity index (χ2n) is 5.71. The first-order chi connectivity index (χ1) is 12.6. The van der Waals surface area contributed by atoms with Gasteiger partial charge in [0.1, 0.15) is 0 Å². The molecule has 4 nitrogen and oxygen atoms in total. The normalized spacial score (nSPS) is 11.0. The number of fused-ring (bicyclic) bond motifs is 1. The summed E-state index contributed by atoms with van der Waals surface area (Å²) in [6.07, 6.45) is 1.73. The molecule has 0 radical (unpaired) electrons. The van der Waals surface area contributed by atoms with Gasteiger partial charge in [0.15, 0.2) is 5.13 Å². The Hall–Kier alpha value is -2.28. The quantitative estimate of drug-likeness (QED) is 0.451. The lowest BCUT2D eigenvalue weighted by molar-refractivity contribution is 0.0988. The topological polar surface area (TPSA) is 46.1 Å².